The highest BCUT2D eigenvalue weighted by Gasteiger charge is 2.28. The maximum absolute atomic E-state index is 13.0. The fourth-order valence-electron chi connectivity index (χ4n) is 2.86. The first-order chi connectivity index (χ1) is 12.0. The van der Waals surface area contributed by atoms with Gasteiger partial charge in [-0.3, -0.25) is 4.79 Å². The second-order valence-corrected chi connectivity index (χ2v) is 7.81. The number of carbonyl (C=O) groups is 1. The van der Waals surface area contributed by atoms with Crippen LogP contribution >= 0.6 is 0 Å². The van der Waals surface area contributed by atoms with Gasteiger partial charge in [0.1, 0.15) is 5.82 Å². The molecule has 25 heavy (non-hydrogen) atoms. The lowest BCUT2D eigenvalue weighted by molar-refractivity contribution is 0.0764. The molecule has 0 aromatic heterocycles. The number of carbonyl (C=O) groups excluding carboxylic acids is 1. The van der Waals surface area contributed by atoms with E-state index in [9.17, 15) is 17.6 Å². The summed E-state index contributed by atoms with van der Waals surface area (Å²) in [5.74, 6) is -0.573. The molecule has 7 heteroatoms. The molecule has 1 aliphatic rings. The minimum Gasteiger partial charge on any atom is -0.337 e. The number of amides is 1. The molecule has 0 saturated carbocycles. The summed E-state index contributed by atoms with van der Waals surface area (Å²) in [7, 11) is -3.69. The third-order valence-corrected chi connectivity index (χ3v) is 6.13. The Balaban J connectivity index is 1.73. The normalized spacial score (nSPS) is 16.4. The van der Waals surface area contributed by atoms with Crippen LogP contribution in [0.25, 0.3) is 0 Å². The number of rotatable bonds is 3. The Labute approximate surface area is 146 Å². The van der Waals surface area contributed by atoms with Crippen LogP contribution in [0.3, 0.4) is 0 Å². The average molecular weight is 362 g/mol. The van der Waals surface area contributed by atoms with Crippen molar-refractivity contribution in [3.63, 3.8) is 0 Å². The van der Waals surface area contributed by atoms with Crippen molar-refractivity contribution in [1.82, 2.24) is 9.21 Å². The van der Waals surface area contributed by atoms with Crippen LogP contribution in [0.2, 0.25) is 0 Å². The van der Waals surface area contributed by atoms with E-state index in [1.807, 2.05) is 6.07 Å². The second-order valence-electron chi connectivity index (χ2n) is 5.87. The number of halogens is 1. The zero-order valence-electron chi connectivity index (χ0n) is 13.6. The SMILES string of the molecule is O=C(c1ccccc1)N1CCCN(S(=O)(=O)c2ccc(F)cc2)CC1. The molecule has 0 bridgehead atoms. The molecular formula is C18H19FN2O3S. The van der Waals surface area contributed by atoms with Crippen molar-refractivity contribution in [2.24, 2.45) is 0 Å². The number of hydrogen-bond donors (Lipinski definition) is 0. The van der Waals surface area contributed by atoms with Gasteiger partial charge in [-0.25, -0.2) is 12.8 Å². The molecular weight excluding hydrogens is 343 g/mol. The van der Waals surface area contributed by atoms with E-state index in [2.05, 4.69) is 0 Å². The van der Waals surface area contributed by atoms with Crippen LogP contribution in [0.5, 0.6) is 0 Å². The van der Waals surface area contributed by atoms with Crippen molar-refractivity contribution in [3.05, 3.63) is 66.0 Å². The molecule has 2 aromatic rings. The first-order valence-electron chi connectivity index (χ1n) is 8.08. The number of nitrogens with zero attached hydrogens (tertiary/aromatic N) is 2. The fraction of sp³-hybridized carbons (Fsp3) is 0.278. The van der Waals surface area contributed by atoms with Crippen molar-refractivity contribution in [1.29, 1.82) is 0 Å². The lowest BCUT2D eigenvalue weighted by Gasteiger charge is -2.22. The molecule has 0 aliphatic carbocycles. The third-order valence-electron chi connectivity index (χ3n) is 4.21. The molecule has 132 valence electrons. The fourth-order valence-corrected chi connectivity index (χ4v) is 4.33. The summed E-state index contributed by atoms with van der Waals surface area (Å²) < 4.78 is 39.8. The second kappa shape index (κ2) is 7.33. The van der Waals surface area contributed by atoms with Crippen molar-refractivity contribution in [2.75, 3.05) is 26.2 Å². The lowest BCUT2D eigenvalue weighted by atomic mass is 10.2. The van der Waals surface area contributed by atoms with E-state index in [-0.39, 0.29) is 17.3 Å². The van der Waals surface area contributed by atoms with Crippen LogP contribution in [-0.4, -0.2) is 49.7 Å². The Bertz CT molecular complexity index is 838. The van der Waals surface area contributed by atoms with Gasteiger partial charge in [0.25, 0.3) is 5.91 Å². The minimum absolute atomic E-state index is 0.0664. The zero-order valence-corrected chi connectivity index (χ0v) is 14.5. The predicted molar refractivity (Wildman–Crippen MR) is 92.1 cm³/mol. The summed E-state index contributed by atoms with van der Waals surface area (Å²) in [6.45, 7) is 1.38. The molecule has 1 aliphatic heterocycles. The highest BCUT2D eigenvalue weighted by atomic mass is 32.2. The quantitative estimate of drug-likeness (QED) is 0.842. The molecule has 0 atom stereocenters. The van der Waals surface area contributed by atoms with Crippen LogP contribution in [-0.2, 0) is 10.0 Å². The van der Waals surface area contributed by atoms with E-state index in [0.29, 0.717) is 31.6 Å². The summed E-state index contributed by atoms with van der Waals surface area (Å²) in [6.07, 6.45) is 0.555. The Morgan fingerprint density at radius 3 is 2.24 bits per heavy atom. The van der Waals surface area contributed by atoms with Crippen LogP contribution < -0.4 is 0 Å². The Kier molecular flexibility index (Phi) is 5.15. The van der Waals surface area contributed by atoms with E-state index in [4.69, 9.17) is 0 Å². The number of hydrogen-bond acceptors (Lipinski definition) is 3. The van der Waals surface area contributed by atoms with Crippen LogP contribution in [0.1, 0.15) is 16.8 Å². The molecule has 0 spiro atoms. The molecule has 0 radical (unpaired) electrons. The largest absolute Gasteiger partial charge is 0.337 e. The highest BCUT2D eigenvalue weighted by Crippen LogP contribution is 2.19. The molecule has 0 N–H and O–H groups in total. The summed E-state index contributed by atoms with van der Waals surface area (Å²) in [6, 6.07) is 13.8. The maximum atomic E-state index is 13.0. The van der Waals surface area contributed by atoms with Crippen molar-refractivity contribution < 1.29 is 17.6 Å². The van der Waals surface area contributed by atoms with Crippen molar-refractivity contribution >= 4 is 15.9 Å². The van der Waals surface area contributed by atoms with Crippen LogP contribution in [0, 0.1) is 5.82 Å². The monoisotopic (exact) mass is 362 g/mol. The first-order valence-corrected chi connectivity index (χ1v) is 9.52. The molecule has 1 heterocycles. The van der Waals surface area contributed by atoms with E-state index < -0.39 is 15.8 Å². The van der Waals surface area contributed by atoms with Gasteiger partial charge in [0.05, 0.1) is 4.90 Å². The van der Waals surface area contributed by atoms with E-state index in [1.54, 1.807) is 29.2 Å². The van der Waals surface area contributed by atoms with Gasteiger partial charge in [0, 0.05) is 31.7 Å². The van der Waals surface area contributed by atoms with Gasteiger partial charge in [-0.05, 0) is 42.8 Å². The van der Waals surface area contributed by atoms with Crippen LogP contribution in [0.15, 0.2) is 59.5 Å². The number of sulfonamides is 1. The highest BCUT2D eigenvalue weighted by molar-refractivity contribution is 7.89. The summed E-state index contributed by atoms with van der Waals surface area (Å²) in [5, 5.41) is 0. The molecule has 0 unspecified atom stereocenters. The van der Waals surface area contributed by atoms with Gasteiger partial charge >= 0.3 is 0 Å². The van der Waals surface area contributed by atoms with Gasteiger partial charge in [0.2, 0.25) is 10.0 Å². The van der Waals surface area contributed by atoms with Crippen LogP contribution in [0.4, 0.5) is 4.39 Å². The molecule has 5 nitrogen and oxygen atoms in total. The standard InChI is InChI=1S/C18H19FN2O3S/c19-16-7-9-17(10-8-16)25(23,24)21-12-4-11-20(13-14-21)18(22)15-5-2-1-3-6-15/h1-3,5-10H,4,11-14H2. The Morgan fingerprint density at radius 1 is 0.880 bits per heavy atom. The van der Waals surface area contributed by atoms with Gasteiger partial charge in [-0.2, -0.15) is 4.31 Å². The van der Waals surface area contributed by atoms with Gasteiger partial charge in [0.15, 0.2) is 0 Å². The smallest absolute Gasteiger partial charge is 0.253 e. The van der Waals surface area contributed by atoms with Gasteiger partial charge in [-0.1, -0.05) is 18.2 Å². The Hall–Kier alpha value is -2.25. The lowest BCUT2D eigenvalue weighted by Crippen LogP contribution is -2.37. The molecule has 1 fully saturated rings. The summed E-state index contributed by atoms with van der Waals surface area (Å²) in [4.78, 5) is 14.3. The minimum atomic E-state index is -3.69. The first kappa shape index (κ1) is 17.6. The van der Waals surface area contributed by atoms with Crippen molar-refractivity contribution in [3.8, 4) is 0 Å². The average Bonchev–Trinajstić information content (AvgIpc) is 2.89. The molecule has 1 amide bonds. The zero-order chi connectivity index (χ0) is 17.9. The maximum Gasteiger partial charge on any atom is 0.253 e. The molecule has 2 aromatic carbocycles. The summed E-state index contributed by atoms with van der Waals surface area (Å²) in [5.41, 5.74) is 0.595. The van der Waals surface area contributed by atoms with E-state index in [1.165, 1.54) is 16.4 Å². The van der Waals surface area contributed by atoms with Gasteiger partial charge in [-0.15, -0.1) is 0 Å². The predicted octanol–water partition coefficient (Wildman–Crippen LogP) is 2.36. The summed E-state index contributed by atoms with van der Waals surface area (Å²) >= 11 is 0. The third kappa shape index (κ3) is 3.88. The molecule has 1 saturated heterocycles. The van der Waals surface area contributed by atoms with Crippen molar-refractivity contribution in [2.45, 2.75) is 11.3 Å². The molecule has 3 rings (SSSR count). The Morgan fingerprint density at radius 2 is 1.56 bits per heavy atom. The van der Waals surface area contributed by atoms with E-state index in [0.717, 1.165) is 12.1 Å². The van der Waals surface area contributed by atoms with Gasteiger partial charge < -0.3 is 4.90 Å². The number of benzene rings is 2. The topological polar surface area (TPSA) is 57.7 Å². The van der Waals surface area contributed by atoms with E-state index >= 15 is 0 Å².